The Kier molecular flexibility index (Phi) is 4.75. The predicted molar refractivity (Wildman–Crippen MR) is 80.7 cm³/mol. The smallest absolute Gasteiger partial charge is 0.406 e. The Morgan fingerprint density at radius 1 is 1.04 bits per heavy atom. The molecule has 1 amide bonds. The van der Waals surface area contributed by atoms with Crippen LogP contribution < -0.4 is 10.1 Å². The summed E-state index contributed by atoms with van der Waals surface area (Å²) in [6.07, 6.45) is -4.85. The minimum absolute atomic E-state index is 0.0164. The molecule has 3 rings (SSSR count). The molecule has 0 aliphatic rings. The Balaban J connectivity index is 1.71. The summed E-state index contributed by atoms with van der Waals surface area (Å²) in [6.45, 7) is 0. The van der Waals surface area contributed by atoms with Crippen LogP contribution >= 0.6 is 0 Å². The van der Waals surface area contributed by atoms with Gasteiger partial charge in [0, 0.05) is 11.6 Å². The fourth-order valence-corrected chi connectivity index (χ4v) is 2.02. The Morgan fingerprint density at radius 3 is 2.37 bits per heavy atom. The molecule has 6 nitrogen and oxygen atoms in total. The molecule has 0 fully saturated rings. The van der Waals surface area contributed by atoms with Crippen LogP contribution in [0.1, 0.15) is 10.4 Å². The van der Waals surface area contributed by atoms with Crippen LogP contribution in [0, 0.1) is 11.6 Å². The maximum absolute atomic E-state index is 13.7. The highest BCUT2D eigenvalue weighted by Crippen LogP contribution is 2.25. The van der Waals surface area contributed by atoms with E-state index in [4.69, 9.17) is 4.42 Å². The van der Waals surface area contributed by atoms with Crippen LogP contribution in [0.2, 0.25) is 0 Å². The van der Waals surface area contributed by atoms with Gasteiger partial charge < -0.3 is 9.15 Å². The molecule has 1 aromatic heterocycles. The van der Waals surface area contributed by atoms with E-state index in [-0.39, 0.29) is 23.0 Å². The molecule has 27 heavy (non-hydrogen) atoms. The zero-order valence-electron chi connectivity index (χ0n) is 13.1. The number of amides is 1. The van der Waals surface area contributed by atoms with Gasteiger partial charge in [-0.25, -0.2) is 8.78 Å². The van der Waals surface area contributed by atoms with Gasteiger partial charge in [-0.15, -0.1) is 18.3 Å². The summed E-state index contributed by atoms with van der Waals surface area (Å²) in [5.74, 6) is -3.27. The number of halogens is 5. The zero-order chi connectivity index (χ0) is 19.6. The summed E-state index contributed by atoms with van der Waals surface area (Å²) in [5.41, 5.74) is -0.185. The summed E-state index contributed by atoms with van der Waals surface area (Å²) >= 11 is 0. The summed E-state index contributed by atoms with van der Waals surface area (Å²) in [7, 11) is 0. The van der Waals surface area contributed by atoms with Crippen molar-refractivity contribution in [2.24, 2.45) is 0 Å². The van der Waals surface area contributed by atoms with Crippen LogP contribution in [0.4, 0.5) is 28.0 Å². The lowest BCUT2D eigenvalue weighted by Gasteiger charge is -2.08. The van der Waals surface area contributed by atoms with Crippen molar-refractivity contribution >= 4 is 11.9 Å². The standard InChI is InChI=1S/C16H8F5N3O3/c17-9-3-6-11(12(18)7-9)14-23-24-15(26-14)22-13(25)8-1-4-10(5-2-8)27-16(19,20)21/h1-7H,(H,22,24,25). The van der Waals surface area contributed by atoms with E-state index in [0.29, 0.717) is 6.07 Å². The number of alkyl halides is 3. The van der Waals surface area contributed by atoms with Gasteiger partial charge in [-0.1, -0.05) is 5.10 Å². The maximum atomic E-state index is 13.7. The number of benzene rings is 2. The van der Waals surface area contributed by atoms with Crippen molar-refractivity contribution in [3.8, 4) is 17.2 Å². The van der Waals surface area contributed by atoms with E-state index >= 15 is 0 Å². The van der Waals surface area contributed by atoms with E-state index in [2.05, 4.69) is 20.3 Å². The molecule has 0 spiro atoms. The number of ether oxygens (including phenoxy) is 1. The molecule has 0 radical (unpaired) electrons. The Morgan fingerprint density at radius 2 is 1.74 bits per heavy atom. The molecular formula is C16H8F5N3O3. The van der Waals surface area contributed by atoms with Gasteiger partial charge >= 0.3 is 12.4 Å². The third kappa shape index (κ3) is 4.57. The van der Waals surface area contributed by atoms with Crippen LogP contribution in [-0.4, -0.2) is 22.5 Å². The van der Waals surface area contributed by atoms with Crippen molar-refractivity contribution in [3.05, 3.63) is 59.7 Å². The molecular weight excluding hydrogens is 377 g/mol. The third-order valence-electron chi connectivity index (χ3n) is 3.16. The third-order valence-corrected chi connectivity index (χ3v) is 3.16. The lowest BCUT2D eigenvalue weighted by atomic mass is 10.2. The quantitative estimate of drug-likeness (QED) is 0.683. The van der Waals surface area contributed by atoms with Crippen LogP contribution in [-0.2, 0) is 0 Å². The highest BCUT2D eigenvalue weighted by molar-refractivity contribution is 6.03. The van der Waals surface area contributed by atoms with Gasteiger partial charge in [0.25, 0.3) is 11.8 Å². The van der Waals surface area contributed by atoms with Gasteiger partial charge in [-0.2, -0.15) is 0 Å². The van der Waals surface area contributed by atoms with E-state index in [1.807, 2.05) is 0 Å². The van der Waals surface area contributed by atoms with E-state index < -0.39 is 29.7 Å². The van der Waals surface area contributed by atoms with Crippen molar-refractivity contribution < 1.29 is 35.9 Å². The minimum Gasteiger partial charge on any atom is -0.406 e. The number of anilines is 1. The number of hydrogen-bond donors (Lipinski definition) is 1. The van der Waals surface area contributed by atoms with Gasteiger partial charge in [0.05, 0.1) is 5.56 Å². The topological polar surface area (TPSA) is 77.3 Å². The van der Waals surface area contributed by atoms with Gasteiger partial charge in [0.1, 0.15) is 17.4 Å². The molecule has 0 atom stereocenters. The lowest BCUT2D eigenvalue weighted by molar-refractivity contribution is -0.274. The van der Waals surface area contributed by atoms with E-state index in [0.717, 1.165) is 36.4 Å². The molecule has 0 aliphatic carbocycles. The Bertz CT molecular complexity index is 970. The highest BCUT2D eigenvalue weighted by atomic mass is 19.4. The fourth-order valence-electron chi connectivity index (χ4n) is 2.02. The molecule has 0 unspecified atom stereocenters. The lowest BCUT2D eigenvalue weighted by Crippen LogP contribution is -2.17. The van der Waals surface area contributed by atoms with Crippen molar-refractivity contribution in [3.63, 3.8) is 0 Å². The number of rotatable bonds is 4. The molecule has 140 valence electrons. The molecule has 3 aromatic rings. The van der Waals surface area contributed by atoms with Crippen molar-refractivity contribution in [1.82, 2.24) is 10.2 Å². The first kappa shape index (κ1) is 18.3. The molecule has 0 saturated heterocycles. The predicted octanol–water partition coefficient (Wildman–Crippen LogP) is 4.17. The van der Waals surface area contributed by atoms with Crippen molar-refractivity contribution in [2.45, 2.75) is 6.36 Å². The van der Waals surface area contributed by atoms with Gasteiger partial charge in [0.15, 0.2) is 0 Å². The monoisotopic (exact) mass is 385 g/mol. The number of nitrogens with zero attached hydrogens (tertiary/aromatic N) is 2. The van der Waals surface area contributed by atoms with Crippen LogP contribution in [0.5, 0.6) is 5.75 Å². The van der Waals surface area contributed by atoms with Crippen molar-refractivity contribution in [2.75, 3.05) is 5.32 Å². The molecule has 0 bridgehead atoms. The van der Waals surface area contributed by atoms with Gasteiger partial charge in [0.2, 0.25) is 0 Å². The second kappa shape index (κ2) is 7.02. The average molecular weight is 385 g/mol. The summed E-state index contributed by atoms with van der Waals surface area (Å²) in [6, 6.07) is 6.41. The van der Waals surface area contributed by atoms with Crippen molar-refractivity contribution in [1.29, 1.82) is 0 Å². The van der Waals surface area contributed by atoms with E-state index in [1.165, 1.54) is 0 Å². The van der Waals surface area contributed by atoms with Gasteiger partial charge in [-0.3, -0.25) is 10.1 Å². The second-order valence-corrected chi connectivity index (χ2v) is 5.06. The number of nitrogens with one attached hydrogen (secondary N) is 1. The van der Waals surface area contributed by atoms with Crippen LogP contribution in [0.3, 0.4) is 0 Å². The summed E-state index contributed by atoms with van der Waals surface area (Å²) in [4.78, 5) is 12.0. The van der Waals surface area contributed by atoms with Crippen LogP contribution in [0.15, 0.2) is 46.9 Å². The molecule has 2 aromatic carbocycles. The van der Waals surface area contributed by atoms with E-state index in [1.54, 1.807) is 0 Å². The number of hydrogen-bond acceptors (Lipinski definition) is 5. The second-order valence-electron chi connectivity index (χ2n) is 5.06. The molecule has 0 aliphatic heterocycles. The maximum Gasteiger partial charge on any atom is 0.573 e. The number of carbonyl (C=O) groups excluding carboxylic acids is 1. The number of aromatic nitrogens is 2. The average Bonchev–Trinajstić information content (AvgIpc) is 3.02. The number of carbonyl (C=O) groups is 1. The SMILES string of the molecule is O=C(Nc1nnc(-c2ccc(F)cc2F)o1)c1ccc(OC(F)(F)F)cc1. The zero-order valence-corrected chi connectivity index (χ0v) is 13.1. The van der Waals surface area contributed by atoms with Gasteiger partial charge in [-0.05, 0) is 36.4 Å². The minimum atomic E-state index is -4.85. The summed E-state index contributed by atoms with van der Waals surface area (Å²) in [5, 5.41) is 9.25. The largest absolute Gasteiger partial charge is 0.573 e. The molecule has 1 N–H and O–H groups in total. The normalized spacial score (nSPS) is 11.3. The first-order valence-corrected chi connectivity index (χ1v) is 7.17. The Labute approximate surface area is 147 Å². The van der Waals surface area contributed by atoms with E-state index in [9.17, 15) is 26.7 Å². The summed E-state index contributed by atoms with van der Waals surface area (Å²) < 4.78 is 71.7. The Hall–Kier alpha value is -3.50. The van der Waals surface area contributed by atoms with Crippen LogP contribution in [0.25, 0.3) is 11.5 Å². The molecule has 0 saturated carbocycles. The molecule has 11 heteroatoms. The fraction of sp³-hybridized carbons (Fsp3) is 0.0625. The molecule has 1 heterocycles. The highest BCUT2D eigenvalue weighted by Gasteiger charge is 2.31. The first-order chi connectivity index (χ1) is 12.7. The first-order valence-electron chi connectivity index (χ1n) is 7.17.